The van der Waals surface area contributed by atoms with Crippen LogP contribution in [0.5, 0.6) is 0 Å². The molecule has 1 atom stereocenters. The SMILES string of the molecule is Cc1ccccc1CN(C)C(=O)NC(CO)C(=O)O. The monoisotopic (exact) mass is 266 g/mol. The molecule has 1 aromatic carbocycles. The highest BCUT2D eigenvalue weighted by Gasteiger charge is 2.20. The predicted octanol–water partition coefficient (Wildman–Crippen LogP) is 0.582. The van der Waals surface area contributed by atoms with Crippen LogP contribution >= 0.6 is 0 Å². The van der Waals surface area contributed by atoms with E-state index < -0.39 is 24.6 Å². The summed E-state index contributed by atoms with van der Waals surface area (Å²) >= 11 is 0. The first kappa shape index (κ1) is 15.0. The van der Waals surface area contributed by atoms with Crippen molar-refractivity contribution in [1.29, 1.82) is 0 Å². The second-order valence-corrected chi connectivity index (χ2v) is 4.31. The molecule has 0 saturated carbocycles. The van der Waals surface area contributed by atoms with Gasteiger partial charge in [-0.1, -0.05) is 24.3 Å². The maximum absolute atomic E-state index is 11.8. The van der Waals surface area contributed by atoms with Gasteiger partial charge in [0.1, 0.15) is 0 Å². The second kappa shape index (κ2) is 6.75. The van der Waals surface area contributed by atoms with Crippen LogP contribution in [0.2, 0.25) is 0 Å². The molecule has 0 aromatic heterocycles. The largest absolute Gasteiger partial charge is 0.480 e. The average Bonchev–Trinajstić information content (AvgIpc) is 2.37. The van der Waals surface area contributed by atoms with E-state index in [0.29, 0.717) is 6.54 Å². The molecule has 19 heavy (non-hydrogen) atoms. The molecule has 1 unspecified atom stereocenters. The number of carboxylic acid groups (broad SMARTS) is 1. The van der Waals surface area contributed by atoms with Crippen LogP contribution in [0.25, 0.3) is 0 Å². The minimum Gasteiger partial charge on any atom is -0.480 e. The molecule has 6 nitrogen and oxygen atoms in total. The topological polar surface area (TPSA) is 89.9 Å². The van der Waals surface area contributed by atoms with Crippen LogP contribution in [-0.4, -0.2) is 46.8 Å². The molecule has 0 spiro atoms. The first-order valence-corrected chi connectivity index (χ1v) is 5.85. The van der Waals surface area contributed by atoms with Gasteiger partial charge >= 0.3 is 12.0 Å². The molecule has 0 aliphatic heterocycles. The molecule has 1 aromatic rings. The van der Waals surface area contributed by atoms with E-state index in [1.807, 2.05) is 31.2 Å². The van der Waals surface area contributed by atoms with Crippen molar-refractivity contribution in [2.24, 2.45) is 0 Å². The second-order valence-electron chi connectivity index (χ2n) is 4.31. The van der Waals surface area contributed by atoms with Gasteiger partial charge in [0, 0.05) is 13.6 Å². The molecule has 0 fully saturated rings. The van der Waals surface area contributed by atoms with Crippen molar-refractivity contribution in [3.8, 4) is 0 Å². The smallest absolute Gasteiger partial charge is 0.328 e. The van der Waals surface area contributed by atoms with Crippen molar-refractivity contribution in [2.75, 3.05) is 13.7 Å². The average molecular weight is 266 g/mol. The van der Waals surface area contributed by atoms with Gasteiger partial charge in [0.25, 0.3) is 0 Å². The number of hydrogen-bond donors (Lipinski definition) is 3. The Morgan fingerprint density at radius 2 is 2.00 bits per heavy atom. The van der Waals surface area contributed by atoms with E-state index in [0.717, 1.165) is 11.1 Å². The van der Waals surface area contributed by atoms with E-state index in [2.05, 4.69) is 5.32 Å². The number of aliphatic hydroxyl groups is 1. The van der Waals surface area contributed by atoms with Gasteiger partial charge in [0.05, 0.1) is 6.61 Å². The quantitative estimate of drug-likeness (QED) is 0.727. The van der Waals surface area contributed by atoms with Gasteiger partial charge in [0.15, 0.2) is 6.04 Å². The lowest BCUT2D eigenvalue weighted by Gasteiger charge is -2.21. The fourth-order valence-electron chi connectivity index (χ4n) is 1.56. The number of benzene rings is 1. The van der Waals surface area contributed by atoms with Crippen molar-refractivity contribution in [3.63, 3.8) is 0 Å². The third kappa shape index (κ3) is 4.26. The molecular formula is C13H18N2O4. The number of carbonyl (C=O) groups excluding carboxylic acids is 1. The summed E-state index contributed by atoms with van der Waals surface area (Å²) in [5.74, 6) is -1.26. The molecule has 0 radical (unpaired) electrons. The van der Waals surface area contributed by atoms with Gasteiger partial charge in [-0.15, -0.1) is 0 Å². The van der Waals surface area contributed by atoms with Crippen LogP contribution in [0.3, 0.4) is 0 Å². The number of aliphatic carboxylic acids is 1. The number of hydrogen-bond acceptors (Lipinski definition) is 3. The lowest BCUT2D eigenvalue weighted by Crippen LogP contribution is -2.48. The third-order valence-corrected chi connectivity index (χ3v) is 2.79. The van der Waals surface area contributed by atoms with Gasteiger partial charge in [0.2, 0.25) is 0 Å². The van der Waals surface area contributed by atoms with Gasteiger partial charge in [-0.05, 0) is 18.1 Å². The fraction of sp³-hybridized carbons (Fsp3) is 0.385. The minimum absolute atomic E-state index is 0.371. The molecule has 0 bridgehead atoms. The van der Waals surface area contributed by atoms with Crippen LogP contribution < -0.4 is 5.32 Å². The number of carboxylic acids is 1. The highest BCUT2D eigenvalue weighted by Crippen LogP contribution is 2.09. The van der Waals surface area contributed by atoms with E-state index in [9.17, 15) is 9.59 Å². The Morgan fingerprint density at radius 3 is 2.53 bits per heavy atom. The summed E-state index contributed by atoms with van der Waals surface area (Å²) in [5, 5.41) is 19.8. The van der Waals surface area contributed by atoms with E-state index >= 15 is 0 Å². The Morgan fingerprint density at radius 1 is 1.37 bits per heavy atom. The zero-order valence-electron chi connectivity index (χ0n) is 11.0. The number of rotatable bonds is 5. The number of amides is 2. The van der Waals surface area contributed by atoms with Crippen LogP contribution in [0, 0.1) is 6.92 Å². The van der Waals surface area contributed by atoms with Crippen molar-refractivity contribution in [3.05, 3.63) is 35.4 Å². The lowest BCUT2D eigenvalue weighted by atomic mass is 10.1. The molecule has 0 saturated heterocycles. The molecule has 3 N–H and O–H groups in total. The Balaban J connectivity index is 2.63. The van der Waals surface area contributed by atoms with Crippen LogP contribution in [-0.2, 0) is 11.3 Å². The molecule has 2 amide bonds. The zero-order chi connectivity index (χ0) is 14.4. The number of aryl methyl sites for hydroxylation is 1. The van der Waals surface area contributed by atoms with E-state index in [1.165, 1.54) is 4.90 Å². The normalized spacial score (nSPS) is 11.7. The maximum Gasteiger partial charge on any atom is 0.328 e. The third-order valence-electron chi connectivity index (χ3n) is 2.79. The van der Waals surface area contributed by atoms with Crippen LogP contribution in [0.1, 0.15) is 11.1 Å². The van der Waals surface area contributed by atoms with Crippen LogP contribution in [0.15, 0.2) is 24.3 Å². The van der Waals surface area contributed by atoms with E-state index in [4.69, 9.17) is 10.2 Å². The summed E-state index contributed by atoms with van der Waals surface area (Å²) < 4.78 is 0. The Labute approximate surface area is 111 Å². The molecule has 0 aliphatic rings. The molecule has 0 aliphatic carbocycles. The van der Waals surface area contributed by atoms with Crippen LogP contribution in [0.4, 0.5) is 4.79 Å². The first-order valence-electron chi connectivity index (χ1n) is 5.85. The number of nitrogens with zero attached hydrogens (tertiary/aromatic N) is 1. The molecule has 1 rings (SSSR count). The zero-order valence-corrected chi connectivity index (χ0v) is 11.0. The van der Waals surface area contributed by atoms with Crippen molar-refractivity contribution >= 4 is 12.0 Å². The summed E-state index contributed by atoms with van der Waals surface area (Å²) in [6, 6.07) is 5.80. The van der Waals surface area contributed by atoms with E-state index in [-0.39, 0.29) is 0 Å². The summed E-state index contributed by atoms with van der Waals surface area (Å²) in [6.07, 6.45) is 0. The van der Waals surface area contributed by atoms with Gasteiger partial charge in [-0.2, -0.15) is 0 Å². The maximum atomic E-state index is 11.8. The number of carbonyl (C=O) groups is 2. The molecule has 0 heterocycles. The van der Waals surface area contributed by atoms with Gasteiger partial charge in [-0.3, -0.25) is 0 Å². The first-order chi connectivity index (χ1) is 8.95. The van der Waals surface area contributed by atoms with Crippen molar-refractivity contribution in [1.82, 2.24) is 10.2 Å². The molecular weight excluding hydrogens is 248 g/mol. The Hall–Kier alpha value is -2.08. The summed E-state index contributed by atoms with van der Waals surface area (Å²) in [6.45, 7) is 1.67. The predicted molar refractivity (Wildman–Crippen MR) is 69.7 cm³/mol. The summed E-state index contributed by atoms with van der Waals surface area (Å²) in [5.41, 5.74) is 2.04. The standard InChI is InChI=1S/C13H18N2O4/c1-9-5-3-4-6-10(9)7-15(2)13(19)14-11(8-16)12(17)18/h3-6,11,16H,7-8H2,1-2H3,(H,14,19)(H,17,18). The van der Waals surface area contributed by atoms with E-state index in [1.54, 1.807) is 7.05 Å². The Kier molecular flexibility index (Phi) is 5.32. The van der Waals surface area contributed by atoms with Gasteiger partial charge < -0.3 is 20.4 Å². The van der Waals surface area contributed by atoms with Crippen molar-refractivity contribution in [2.45, 2.75) is 19.5 Å². The highest BCUT2D eigenvalue weighted by molar-refractivity contribution is 5.82. The number of aliphatic hydroxyl groups excluding tert-OH is 1. The summed E-state index contributed by atoms with van der Waals surface area (Å²) in [7, 11) is 1.57. The molecule has 6 heteroatoms. The van der Waals surface area contributed by atoms with Gasteiger partial charge in [-0.25, -0.2) is 9.59 Å². The number of nitrogens with one attached hydrogen (secondary N) is 1. The summed E-state index contributed by atoms with van der Waals surface area (Å²) in [4.78, 5) is 23.8. The van der Waals surface area contributed by atoms with Crippen molar-refractivity contribution < 1.29 is 19.8 Å². The minimum atomic E-state index is -1.29. The fourth-order valence-corrected chi connectivity index (χ4v) is 1.56. The number of urea groups is 1. The lowest BCUT2D eigenvalue weighted by molar-refractivity contribution is -0.140. The molecule has 104 valence electrons. The highest BCUT2D eigenvalue weighted by atomic mass is 16.4. The Bertz CT molecular complexity index is 462.